The van der Waals surface area contributed by atoms with E-state index in [0.717, 1.165) is 22.4 Å². The van der Waals surface area contributed by atoms with Crippen molar-refractivity contribution in [2.75, 3.05) is 20.8 Å². The summed E-state index contributed by atoms with van der Waals surface area (Å²) < 4.78 is 12.4. The Balaban J connectivity index is 1.47. The fraction of sp³-hybridized carbons (Fsp3) is 0.200. The van der Waals surface area contributed by atoms with Crippen molar-refractivity contribution in [3.8, 4) is 22.8 Å². The van der Waals surface area contributed by atoms with Crippen molar-refractivity contribution in [2.45, 2.75) is 13.0 Å². The lowest BCUT2D eigenvalue weighted by atomic mass is 9.97. The lowest BCUT2D eigenvalue weighted by Gasteiger charge is -2.28. The van der Waals surface area contributed by atoms with E-state index in [-0.39, 0.29) is 17.2 Å². The molecule has 1 aliphatic heterocycles. The van der Waals surface area contributed by atoms with Crippen LogP contribution in [-0.2, 0) is 13.0 Å². The summed E-state index contributed by atoms with van der Waals surface area (Å²) in [5.74, 6) is -0.0130. The molecule has 5 rings (SSSR count). The predicted molar refractivity (Wildman–Crippen MR) is 123 cm³/mol. The summed E-state index contributed by atoms with van der Waals surface area (Å²) in [7, 11) is 3.15. The highest BCUT2D eigenvalue weighted by atomic mass is 16.5. The largest absolute Gasteiger partial charge is 0.493 e. The van der Waals surface area contributed by atoms with Gasteiger partial charge in [0, 0.05) is 30.9 Å². The van der Waals surface area contributed by atoms with Crippen molar-refractivity contribution < 1.29 is 24.2 Å². The second kappa shape index (κ2) is 8.51. The Bertz CT molecular complexity index is 1430. The van der Waals surface area contributed by atoms with E-state index in [1.807, 2.05) is 30.3 Å². The van der Waals surface area contributed by atoms with Gasteiger partial charge in [0.15, 0.2) is 22.8 Å². The summed E-state index contributed by atoms with van der Waals surface area (Å²) in [5.41, 5.74) is 4.51. The maximum atomic E-state index is 13.3. The molecule has 0 bridgehead atoms. The molecule has 4 aromatic rings. The highest BCUT2D eigenvalue weighted by Crippen LogP contribution is 2.32. The molecule has 0 radical (unpaired) electrons. The molecule has 2 aromatic heterocycles. The van der Waals surface area contributed by atoms with Crippen LogP contribution in [0.1, 0.15) is 32.0 Å². The Morgan fingerprint density at radius 2 is 1.79 bits per heavy atom. The minimum absolute atomic E-state index is 0.213. The number of aromatic nitrogens is 3. The number of carboxylic acid groups (broad SMARTS) is 1. The molecule has 0 saturated heterocycles. The molecule has 0 atom stereocenters. The Kier molecular flexibility index (Phi) is 5.37. The van der Waals surface area contributed by atoms with E-state index < -0.39 is 5.97 Å². The maximum absolute atomic E-state index is 13.3. The number of hydrogen-bond donors (Lipinski definition) is 1. The molecule has 9 nitrogen and oxygen atoms in total. The summed E-state index contributed by atoms with van der Waals surface area (Å²) in [6, 6.07) is 14.1. The predicted octanol–water partition coefficient (Wildman–Crippen LogP) is 3.31. The zero-order valence-electron chi connectivity index (χ0n) is 18.7. The van der Waals surface area contributed by atoms with Gasteiger partial charge in [-0.15, -0.1) is 0 Å². The average molecular weight is 458 g/mol. The van der Waals surface area contributed by atoms with Gasteiger partial charge in [0.2, 0.25) is 0 Å². The van der Waals surface area contributed by atoms with Gasteiger partial charge in [-0.2, -0.15) is 5.10 Å². The van der Waals surface area contributed by atoms with Crippen molar-refractivity contribution in [2.24, 2.45) is 0 Å². The number of amides is 1. The van der Waals surface area contributed by atoms with Crippen LogP contribution in [0, 0.1) is 0 Å². The average Bonchev–Trinajstić information content (AvgIpc) is 3.31. The van der Waals surface area contributed by atoms with Crippen molar-refractivity contribution in [1.82, 2.24) is 19.5 Å². The van der Waals surface area contributed by atoms with E-state index in [4.69, 9.17) is 9.47 Å². The van der Waals surface area contributed by atoms with E-state index in [9.17, 15) is 14.7 Å². The molecule has 172 valence electrons. The van der Waals surface area contributed by atoms with Crippen molar-refractivity contribution in [3.63, 3.8) is 0 Å². The fourth-order valence-corrected chi connectivity index (χ4v) is 4.24. The van der Waals surface area contributed by atoms with Gasteiger partial charge in [-0.25, -0.2) is 14.3 Å². The highest BCUT2D eigenvalue weighted by Gasteiger charge is 2.25. The van der Waals surface area contributed by atoms with Gasteiger partial charge in [0.05, 0.1) is 25.5 Å². The highest BCUT2D eigenvalue weighted by molar-refractivity contribution is 5.94. The topological polar surface area (TPSA) is 106 Å². The molecule has 1 N–H and O–H groups in total. The van der Waals surface area contributed by atoms with Gasteiger partial charge in [-0.05, 0) is 53.9 Å². The Morgan fingerprint density at radius 3 is 2.56 bits per heavy atom. The minimum atomic E-state index is -0.986. The Hall–Kier alpha value is -4.40. The minimum Gasteiger partial charge on any atom is -0.493 e. The van der Waals surface area contributed by atoms with Crippen molar-refractivity contribution >= 4 is 17.5 Å². The fourth-order valence-electron chi connectivity index (χ4n) is 4.24. The third-order valence-corrected chi connectivity index (χ3v) is 6.01. The molecule has 0 aliphatic carbocycles. The smallest absolute Gasteiger partial charge is 0.335 e. The van der Waals surface area contributed by atoms with E-state index in [2.05, 4.69) is 10.1 Å². The molecular weight excluding hydrogens is 436 g/mol. The standard InChI is InChI=1S/C25H22N4O5/c1-33-21-6-5-16(12-22(21)34-2)20-7-9-26-23-13-19(27-29(20)23)24(30)28-10-8-15-3-4-17(25(31)32)11-18(15)14-28/h3-7,9,11-13H,8,10,14H2,1-2H3,(H,31,32). The number of methoxy groups -OCH3 is 2. The van der Waals surface area contributed by atoms with Crippen LogP contribution in [0.5, 0.6) is 11.5 Å². The quantitative estimate of drug-likeness (QED) is 0.489. The summed E-state index contributed by atoms with van der Waals surface area (Å²) in [6.07, 6.45) is 2.32. The molecule has 34 heavy (non-hydrogen) atoms. The molecule has 0 saturated carbocycles. The van der Waals surface area contributed by atoms with E-state index >= 15 is 0 Å². The second-order valence-corrected chi connectivity index (χ2v) is 7.96. The van der Waals surface area contributed by atoms with Crippen LogP contribution in [0.25, 0.3) is 16.9 Å². The van der Waals surface area contributed by atoms with Gasteiger partial charge in [0.25, 0.3) is 5.91 Å². The Morgan fingerprint density at radius 1 is 0.971 bits per heavy atom. The van der Waals surface area contributed by atoms with Crippen LogP contribution in [0.15, 0.2) is 54.7 Å². The first-order valence-electron chi connectivity index (χ1n) is 10.7. The number of aromatic carboxylic acids is 1. The summed E-state index contributed by atoms with van der Waals surface area (Å²) in [4.78, 5) is 30.7. The van der Waals surface area contributed by atoms with Crippen LogP contribution >= 0.6 is 0 Å². The summed E-state index contributed by atoms with van der Waals surface area (Å²) >= 11 is 0. The first-order chi connectivity index (χ1) is 16.5. The SMILES string of the molecule is COc1ccc(-c2ccnc3cc(C(=O)N4CCc5ccc(C(=O)O)cc5C4)nn23)cc1OC. The van der Waals surface area contributed by atoms with Gasteiger partial charge in [-0.3, -0.25) is 4.79 Å². The molecule has 1 aliphatic rings. The molecule has 0 spiro atoms. The van der Waals surface area contributed by atoms with Crippen LogP contribution < -0.4 is 9.47 Å². The van der Waals surface area contributed by atoms with Crippen LogP contribution in [0.4, 0.5) is 0 Å². The van der Waals surface area contributed by atoms with Gasteiger partial charge in [-0.1, -0.05) is 6.07 Å². The number of carboxylic acids is 1. The first kappa shape index (κ1) is 21.4. The van der Waals surface area contributed by atoms with E-state index in [1.165, 1.54) is 0 Å². The molecule has 9 heteroatoms. The second-order valence-electron chi connectivity index (χ2n) is 7.96. The number of fused-ring (bicyclic) bond motifs is 2. The number of rotatable bonds is 5. The molecule has 2 aromatic carbocycles. The molecule has 0 fully saturated rings. The van der Waals surface area contributed by atoms with E-state index in [1.54, 1.807) is 48.0 Å². The molecule has 1 amide bonds. The van der Waals surface area contributed by atoms with Crippen molar-refractivity contribution in [3.05, 3.63) is 77.1 Å². The van der Waals surface area contributed by atoms with Gasteiger partial charge in [0.1, 0.15) is 0 Å². The zero-order valence-corrected chi connectivity index (χ0v) is 18.7. The first-order valence-corrected chi connectivity index (χ1v) is 10.7. The third kappa shape index (κ3) is 3.71. The normalized spacial score (nSPS) is 12.9. The van der Waals surface area contributed by atoms with Gasteiger partial charge < -0.3 is 19.5 Å². The number of ether oxygens (including phenoxy) is 2. The van der Waals surface area contributed by atoms with Crippen molar-refractivity contribution in [1.29, 1.82) is 0 Å². The van der Waals surface area contributed by atoms with Crippen LogP contribution in [0.3, 0.4) is 0 Å². The summed E-state index contributed by atoms with van der Waals surface area (Å²) in [5, 5.41) is 13.8. The number of hydrogen-bond acceptors (Lipinski definition) is 6. The van der Waals surface area contributed by atoms with Gasteiger partial charge >= 0.3 is 5.97 Å². The lowest BCUT2D eigenvalue weighted by molar-refractivity contribution is 0.0696. The molecule has 0 unspecified atom stereocenters. The van der Waals surface area contributed by atoms with Crippen LogP contribution in [-0.4, -0.2) is 57.2 Å². The number of benzene rings is 2. The summed E-state index contributed by atoms with van der Waals surface area (Å²) in [6.45, 7) is 0.862. The third-order valence-electron chi connectivity index (χ3n) is 6.01. The zero-order chi connectivity index (χ0) is 23.8. The number of carbonyl (C=O) groups is 2. The van der Waals surface area contributed by atoms with Crippen LogP contribution in [0.2, 0.25) is 0 Å². The molecule has 3 heterocycles. The maximum Gasteiger partial charge on any atom is 0.335 e. The number of carbonyl (C=O) groups excluding carboxylic acids is 1. The molecular formula is C25H22N4O5. The Labute approximate surface area is 195 Å². The lowest BCUT2D eigenvalue weighted by Crippen LogP contribution is -2.36. The number of nitrogens with zero attached hydrogens (tertiary/aromatic N) is 4. The monoisotopic (exact) mass is 458 g/mol. The van der Waals surface area contributed by atoms with E-state index in [0.29, 0.717) is 36.7 Å².